The Morgan fingerprint density at radius 2 is 2.00 bits per heavy atom. The molecule has 0 radical (unpaired) electrons. The van der Waals surface area contributed by atoms with Crippen LogP contribution in [0.15, 0.2) is 29.1 Å². The Labute approximate surface area is 188 Å². The van der Waals surface area contributed by atoms with E-state index in [4.69, 9.17) is 5.73 Å². The number of phenolic OH excluding ortho intramolecular Hbond substituents is 1. The molecule has 7 nitrogen and oxygen atoms in total. The van der Waals surface area contributed by atoms with Gasteiger partial charge in [0, 0.05) is 30.0 Å². The van der Waals surface area contributed by atoms with E-state index in [-0.39, 0.29) is 37.1 Å². The summed E-state index contributed by atoms with van der Waals surface area (Å²) in [7, 11) is 0. The summed E-state index contributed by atoms with van der Waals surface area (Å²) < 4.78 is 39.8. The Morgan fingerprint density at radius 3 is 2.64 bits per heavy atom. The summed E-state index contributed by atoms with van der Waals surface area (Å²) in [6.07, 6.45) is -4.23. The average Bonchev–Trinajstić information content (AvgIpc) is 2.70. The minimum absolute atomic E-state index is 0.0268. The summed E-state index contributed by atoms with van der Waals surface area (Å²) >= 11 is 0. The maximum absolute atomic E-state index is 13.3. The number of nitrogens with two attached hydrogens (primary N) is 1. The lowest BCUT2D eigenvalue weighted by Crippen LogP contribution is -2.71. The first kappa shape index (κ1) is 23.3. The van der Waals surface area contributed by atoms with Crippen LogP contribution in [0.4, 0.5) is 13.2 Å². The second-order valence-electron chi connectivity index (χ2n) is 9.25. The smallest absolute Gasteiger partial charge is 0.401 e. The van der Waals surface area contributed by atoms with Crippen molar-refractivity contribution in [2.75, 3.05) is 13.1 Å². The number of primary amides is 1. The molecule has 0 saturated carbocycles. The molecule has 0 bridgehead atoms. The number of hydrogen-bond acceptors (Lipinski definition) is 5. The molecule has 1 aromatic heterocycles. The summed E-state index contributed by atoms with van der Waals surface area (Å²) in [4.78, 5) is 28.0. The quantitative estimate of drug-likeness (QED) is 0.552. The molecular formula is C23H26F3N3O4. The zero-order valence-corrected chi connectivity index (χ0v) is 18.3. The van der Waals surface area contributed by atoms with Crippen molar-refractivity contribution in [3.05, 3.63) is 62.6 Å². The van der Waals surface area contributed by atoms with Gasteiger partial charge in [-0.15, -0.1) is 0 Å². The molecule has 1 aromatic carbocycles. The molecule has 0 spiro atoms. The van der Waals surface area contributed by atoms with Gasteiger partial charge in [-0.2, -0.15) is 13.2 Å². The number of aromatic nitrogens is 1. The number of halogens is 3. The highest BCUT2D eigenvalue weighted by Gasteiger charge is 2.61. The number of carbonyl (C=O) groups excluding carboxylic acids is 1. The summed E-state index contributed by atoms with van der Waals surface area (Å²) in [5, 5.41) is 22.4. The van der Waals surface area contributed by atoms with Crippen LogP contribution in [0.25, 0.3) is 0 Å². The van der Waals surface area contributed by atoms with Crippen molar-refractivity contribution < 1.29 is 28.2 Å². The van der Waals surface area contributed by atoms with Crippen molar-refractivity contribution >= 4 is 5.91 Å². The van der Waals surface area contributed by atoms with Gasteiger partial charge in [0.2, 0.25) is 0 Å². The lowest BCUT2D eigenvalue weighted by molar-refractivity contribution is -0.190. The number of pyridine rings is 1. The highest BCUT2D eigenvalue weighted by molar-refractivity contribution is 5.92. The van der Waals surface area contributed by atoms with Gasteiger partial charge < -0.3 is 20.9 Å². The minimum atomic E-state index is -4.44. The van der Waals surface area contributed by atoms with Crippen molar-refractivity contribution in [1.29, 1.82) is 0 Å². The first-order chi connectivity index (χ1) is 15.3. The first-order valence-corrected chi connectivity index (χ1v) is 10.7. The van der Waals surface area contributed by atoms with E-state index in [9.17, 15) is 33.0 Å². The van der Waals surface area contributed by atoms with Gasteiger partial charge in [-0.25, -0.2) is 0 Å². The molecule has 178 valence electrons. The third-order valence-corrected chi connectivity index (χ3v) is 7.43. The second-order valence-corrected chi connectivity index (χ2v) is 9.25. The zero-order valence-electron chi connectivity index (χ0n) is 18.3. The normalized spacial score (nSPS) is 27.6. The second kappa shape index (κ2) is 7.59. The first-order valence-electron chi connectivity index (χ1n) is 10.7. The number of aromatic hydroxyl groups is 1. The van der Waals surface area contributed by atoms with Crippen LogP contribution in [0.2, 0.25) is 0 Å². The number of likely N-dealkylation sites (tertiary alicyclic amines) is 1. The standard InChI is InChI=1S/C23H26F3N3O4/c1-12-3-4-15(30)8-17(12)21-5-6-29(11-23(24,25)26)13(2)22(21,33)9-14-7-16(19(27)31)20(32)28-18(14)10-21/h3-4,7-8,13,30,33H,5-6,9-11H2,1-2H3,(H2,27,31)(H,28,32)/t13-,21-,22-/m1/s1. The number of nitrogens with zero attached hydrogens (tertiary/aromatic N) is 1. The average molecular weight is 465 g/mol. The summed E-state index contributed by atoms with van der Waals surface area (Å²) in [6, 6.07) is 5.15. The molecule has 0 unspecified atom stereocenters. The number of fused-ring (bicyclic) bond motifs is 2. The topological polar surface area (TPSA) is 120 Å². The van der Waals surface area contributed by atoms with E-state index in [1.165, 1.54) is 23.1 Å². The van der Waals surface area contributed by atoms with E-state index in [1.54, 1.807) is 13.0 Å². The molecule has 1 saturated heterocycles. The van der Waals surface area contributed by atoms with Gasteiger partial charge in [0.15, 0.2) is 0 Å². The van der Waals surface area contributed by atoms with E-state index in [0.717, 1.165) is 5.56 Å². The number of carbonyl (C=O) groups is 1. The van der Waals surface area contributed by atoms with E-state index >= 15 is 0 Å². The van der Waals surface area contributed by atoms with Crippen LogP contribution in [0, 0.1) is 6.92 Å². The molecule has 4 rings (SSSR count). The number of nitrogens with one attached hydrogen (secondary N) is 1. The van der Waals surface area contributed by atoms with Crippen LogP contribution in [0.5, 0.6) is 5.75 Å². The van der Waals surface area contributed by atoms with Gasteiger partial charge in [0.1, 0.15) is 11.3 Å². The SMILES string of the molecule is Cc1ccc(O)cc1[C@]12CCN(CC(F)(F)F)[C@H](C)[C@]1(O)Cc1cc(C(N)=O)c(=O)[nH]c1C2. The predicted octanol–water partition coefficient (Wildman–Crippen LogP) is 1.91. The predicted molar refractivity (Wildman–Crippen MR) is 114 cm³/mol. The van der Waals surface area contributed by atoms with Crippen LogP contribution in [-0.4, -0.2) is 56.9 Å². The fourth-order valence-corrected chi connectivity index (χ4v) is 5.74. The molecule has 1 aliphatic heterocycles. The minimum Gasteiger partial charge on any atom is -0.508 e. The molecule has 5 N–H and O–H groups in total. The number of alkyl halides is 3. The molecule has 2 aromatic rings. The van der Waals surface area contributed by atoms with Crippen LogP contribution >= 0.6 is 0 Å². The third-order valence-electron chi connectivity index (χ3n) is 7.43. The van der Waals surface area contributed by atoms with Gasteiger partial charge in [0.05, 0.1) is 12.1 Å². The van der Waals surface area contributed by atoms with Crippen molar-refractivity contribution in [2.24, 2.45) is 5.73 Å². The summed E-state index contributed by atoms with van der Waals surface area (Å²) in [5.41, 5.74) is 3.96. The largest absolute Gasteiger partial charge is 0.508 e. The number of amides is 1. The molecule has 10 heteroatoms. The van der Waals surface area contributed by atoms with Crippen molar-refractivity contribution in [2.45, 2.75) is 56.3 Å². The lowest BCUT2D eigenvalue weighted by atomic mass is 9.53. The van der Waals surface area contributed by atoms with Crippen molar-refractivity contribution in [3.8, 4) is 5.75 Å². The number of aromatic amines is 1. The fraction of sp³-hybridized carbons (Fsp3) is 0.478. The Bertz CT molecular complexity index is 1180. The molecule has 1 aliphatic carbocycles. The maximum Gasteiger partial charge on any atom is 0.401 e. The molecule has 33 heavy (non-hydrogen) atoms. The van der Waals surface area contributed by atoms with Crippen LogP contribution < -0.4 is 11.3 Å². The van der Waals surface area contributed by atoms with Crippen molar-refractivity contribution in [3.63, 3.8) is 0 Å². The number of benzene rings is 1. The van der Waals surface area contributed by atoms with E-state index in [1.807, 2.05) is 6.92 Å². The Morgan fingerprint density at radius 1 is 1.30 bits per heavy atom. The van der Waals surface area contributed by atoms with Gasteiger partial charge in [0.25, 0.3) is 11.5 Å². The van der Waals surface area contributed by atoms with Crippen LogP contribution in [-0.2, 0) is 18.3 Å². The number of piperidine rings is 1. The Balaban J connectivity index is 1.93. The van der Waals surface area contributed by atoms with Crippen LogP contribution in [0.3, 0.4) is 0 Å². The van der Waals surface area contributed by atoms with E-state index in [2.05, 4.69) is 4.98 Å². The fourth-order valence-electron chi connectivity index (χ4n) is 5.74. The maximum atomic E-state index is 13.3. The Hall–Kier alpha value is -2.85. The number of aryl methyl sites for hydroxylation is 1. The molecular weight excluding hydrogens is 439 g/mol. The number of aliphatic hydroxyl groups is 1. The Kier molecular flexibility index (Phi) is 5.37. The number of H-pyrrole nitrogens is 1. The molecule has 1 amide bonds. The van der Waals surface area contributed by atoms with E-state index in [0.29, 0.717) is 16.8 Å². The number of hydrogen-bond donors (Lipinski definition) is 4. The van der Waals surface area contributed by atoms with Crippen LogP contribution in [0.1, 0.15) is 46.1 Å². The number of phenols is 1. The summed E-state index contributed by atoms with van der Waals surface area (Å²) in [5.74, 6) is -0.955. The molecule has 2 aliphatic rings. The van der Waals surface area contributed by atoms with Gasteiger partial charge in [-0.05, 0) is 61.7 Å². The zero-order chi connectivity index (χ0) is 24.3. The summed E-state index contributed by atoms with van der Waals surface area (Å²) in [6.45, 7) is 2.27. The monoisotopic (exact) mass is 465 g/mol. The lowest BCUT2D eigenvalue weighted by Gasteiger charge is -2.60. The van der Waals surface area contributed by atoms with Crippen molar-refractivity contribution in [1.82, 2.24) is 9.88 Å². The number of rotatable bonds is 3. The van der Waals surface area contributed by atoms with E-state index < -0.39 is 41.2 Å². The van der Waals surface area contributed by atoms with Gasteiger partial charge in [-0.3, -0.25) is 14.5 Å². The molecule has 3 atom stereocenters. The highest BCUT2D eigenvalue weighted by atomic mass is 19.4. The highest BCUT2D eigenvalue weighted by Crippen LogP contribution is 2.53. The molecule has 2 heterocycles. The molecule has 1 fully saturated rings. The third kappa shape index (κ3) is 3.71. The van der Waals surface area contributed by atoms with Gasteiger partial charge in [-0.1, -0.05) is 6.07 Å². The van der Waals surface area contributed by atoms with Gasteiger partial charge >= 0.3 is 6.18 Å².